The molecule has 1 saturated heterocycles. The predicted octanol–water partition coefficient (Wildman–Crippen LogP) is -0.905. The number of morpholine rings is 1. The summed E-state index contributed by atoms with van der Waals surface area (Å²) in [7, 11) is 3.43. The standard InChI is InChI=1S/C9H17N7OS/c1-11-7-12-8(15-3-5-17-6-4-15)13-16(7)9(18)14(2)10/h3-6,10H2,1-2H3,(H,11,12,13). The first-order chi connectivity index (χ1) is 8.63. The van der Waals surface area contributed by atoms with Crippen LogP contribution in [0.15, 0.2) is 0 Å². The maximum Gasteiger partial charge on any atom is 0.247 e. The average molecular weight is 271 g/mol. The van der Waals surface area contributed by atoms with Crippen LogP contribution in [0.2, 0.25) is 0 Å². The summed E-state index contributed by atoms with van der Waals surface area (Å²) in [6.45, 7) is 2.92. The maximum atomic E-state index is 5.62. The second-order valence-electron chi connectivity index (χ2n) is 3.89. The van der Waals surface area contributed by atoms with E-state index in [1.807, 2.05) is 0 Å². The quantitative estimate of drug-likeness (QED) is 0.406. The van der Waals surface area contributed by atoms with Crippen LogP contribution in [0.4, 0.5) is 11.9 Å². The Hall–Kier alpha value is -1.45. The molecule has 9 heteroatoms. The first-order valence-electron chi connectivity index (χ1n) is 5.63. The number of hydrogen-bond acceptors (Lipinski definition) is 7. The molecule has 0 amide bonds. The number of anilines is 2. The van der Waals surface area contributed by atoms with Crippen molar-refractivity contribution in [1.29, 1.82) is 0 Å². The van der Waals surface area contributed by atoms with Crippen molar-refractivity contribution < 1.29 is 4.74 Å². The first-order valence-corrected chi connectivity index (χ1v) is 6.04. The minimum absolute atomic E-state index is 0.381. The number of hydrazine groups is 1. The SMILES string of the molecule is CNc1nc(N2CCOCC2)nn1C(=S)N(C)N. The number of rotatable bonds is 2. The van der Waals surface area contributed by atoms with Crippen molar-refractivity contribution in [2.75, 3.05) is 50.6 Å². The van der Waals surface area contributed by atoms with Crippen LogP contribution >= 0.6 is 12.2 Å². The summed E-state index contributed by atoms with van der Waals surface area (Å²) in [5, 5.41) is 9.04. The van der Waals surface area contributed by atoms with Gasteiger partial charge in [-0.2, -0.15) is 9.67 Å². The molecule has 1 aromatic rings. The van der Waals surface area contributed by atoms with Crippen LogP contribution in [0.25, 0.3) is 0 Å². The van der Waals surface area contributed by atoms with Gasteiger partial charge in [0.05, 0.1) is 13.2 Å². The van der Waals surface area contributed by atoms with Gasteiger partial charge in [-0.1, -0.05) is 0 Å². The molecule has 1 aliphatic rings. The van der Waals surface area contributed by atoms with Crippen LogP contribution in [-0.4, -0.2) is 65.3 Å². The number of nitrogens with two attached hydrogens (primary N) is 1. The zero-order valence-corrected chi connectivity index (χ0v) is 11.3. The molecule has 2 rings (SSSR count). The molecule has 1 aromatic heterocycles. The summed E-state index contributed by atoms with van der Waals surface area (Å²) in [5.41, 5.74) is 0. The van der Waals surface area contributed by atoms with E-state index in [9.17, 15) is 0 Å². The highest BCUT2D eigenvalue weighted by atomic mass is 32.1. The Kier molecular flexibility index (Phi) is 3.94. The van der Waals surface area contributed by atoms with Crippen molar-refractivity contribution in [1.82, 2.24) is 19.8 Å². The third kappa shape index (κ3) is 2.52. The number of aromatic nitrogens is 3. The van der Waals surface area contributed by atoms with E-state index in [-0.39, 0.29) is 0 Å². The number of nitrogens with one attached hydrogen (secondary N) is 1. The van der Waals surface area contributed by atoms with Gasteiger partial charge in [-0.3, -0.25) is 5.01 Å². The Balaban J connectivity index is 2.25. The largest absolute Gasteiger partial charge is 0.378 e. The second-order valence-corrected chi connectivity index (χ2v) is 4.26. The van der Waals surface area contributed by atoms with Gasteiger partial charge in [0, 0.05) is 27.2 Å². The number of ether oxygens (including phenoxy) is 1. The van der Waals surface area contributed by atoms with Gasteiger partial charge in [0.2, 0.25) is 17.0 Å². The summed E-state index contributed by atoms with van der Waals surface area (Å²) in [6.07, 6.45) is 0. The molecule has 8 nitrogen and oxygen atoms in total. The smallest absolute Gasteiger partial charge is 0.247 e. The zero-order valence-electron chi connectivity index (χ0n) is 10.5. The minimum atomic E-state index is 0.381. The van der Waals surface area contributed by atoms with E-state index in [0.717, 1.165) is 13.1 Å². The Morgan fingerprint density at radius 2 is 2.17 bits per heavy atom. The number of nitrogens with zero attached hydrogens (tertiary/aromatic N) is 5. The van der Waals surface area contributed by atoms with Gasteiger partial charge in [0.1, 0.15) is 0 Å². The fourth-order valence-electron chi connectivity index (χ4n) is 1.64. The molecule has 1 fully saturated rings. The van der Waals surface area contributed by atoms with Gasteiger partial charge in [0.25, 0.3) is 0 Å². The Bertz CT molecular complexity index is 427. The van der Waals surface area contributed by atoms with E-state index >= 15 is 0 Å². The Labute approximate surface area is 111 Å². The van der Waals surface area contributed by atoms with Gasteiger partial charge >= 0.3 is 0 Å². The van der Waals surface area contributed by atoms with Crippen molar-refractivity contribution in [3.05, 3.63) is 0 Å². The highest BCUT2D eigenvalue weighted by Gasteiger charge is 2.20. The minimum Gasteiger partial charge on any atom is -0.378 e. The summed E-state index contributed by atoms with van der Waals surface area (Å²) in [4.78, 5) is 6.45. The van der Waals surface area contributed by atoms with Gasteiger partial charge in [-0.05, 0) is 12.2 Å². The summed E-state index contributed by atoms with van der Waals surface area (Å²) in [6, 6.07) is 0. The summed E-state index contributed by atoms with van der Waals surface area (Å²) < 4.78 is 6.81. The molecule has 2 heterocycles. The topological polar surface area (TPSA) is 84.5 Å². The van der Waals surface area contributed by atoms with Gasteiger partial charge < -0.3 is 15.0 Å². The molecule has 100 valence electrons. The van der Waals surface area contributed by atoms with E-state index in [0.29, 0.717) is 30.2 Å². The molecule has 18 heavy (non-hydrogen) atoms. The maximum absolute atomic E-state index is 5.62. The van der Waals surface area contributed by atoms with E-state index in [1.165, 1.54) is 9.69 Å². The first kappa shape index (κ1) is 13.0. The monoisotopic (exact) mass is 271 g/mol. The predicted molar refractivity (Wildman–Crippen MR) is 72.5 cm³/mol. The lowest BCUT2D eigenvalue weighted by Gasteiger charge is -2.25. The van der Waals surface area contributed by atoms with Crippen molar-refractivity contribution in [2.45, 2.75) is 0 Å². The van der Waals surface area contributed by atoms with Crippen molar-refractivity contribution in [2.24, 2.45) is 5.84 Å². The highest BCUT2D eigenvalue weighted by Crippen LogP contribution is 2.14. The van der Waals surface area contributed by atoms with E-state index in [1.54, 1.807) is 14.1 Å². The fourth-order valence-corrected chi connectivity index (χ4v) is 1.77. The van der Waals surface area contributed by atoms with Gasteiger partial charge in [-0.15, -0.1) is 5.10 Å². The van der Waals surface area contributed by atoms with Crippen LogP contribution in [0.3, 0.4) is 0 Å². The molecule has 3 N–H and O–H groups in total. The van der Waals surface area contributed by atoms with Crippen LogP contribution in [0.1, 0.15) is 0 Å². The fraction of sp³-hybridized carbons (Fsp3) is 0.667. The summed E-state index contributed by atoms with van der Waals surface area (Å²) in [5.74, 6) is 6.82. The van der Waals surface area contributed by atoms with Crippen LogP contribution in [0.5, 0.6) is 0 Å². The molecule has 0 radical (unpaired) electrons. The lowest BCUT2D eigenvalue weighted by atomic mass is 10.4. The average Bonchev–Trinajstić information content (AvgIpc) is 2.82. The molecule has 0 aliphatic carbocycles. The highest BCUT2D eigenvalue weighted by molar-refractivity contribution is 7.80. The van der Waals surface area contributed by atoms with Gasteiger partial charge in [-0.25, -0.2) is 5.84 Å². The molecule has 0 spiro atoms. The Morgan fingerprint density at radius 1 is 1.50 bits per heavy atom. The molecule has 0 saturated carbocycles. The molecule has 0 unspecified atom stereocenters. The van der Waals surface area contributed by atoms with Crippen LogP contribution in [0, 0.1) is 0 Å². The van der Waals surface area contributed by atoms with E-state index in [2.05, 4.69) is 20.3 Å². The second kappa shape index (κ2) is 5.46. The normalized spacial score (nSPS) is 15.6. The molecular weight excluding hydrogens is 254 g/mol. The summed E-state index contributed by atoms with van der Waals surface area (Å²) >= 11 is 5.19. The van der Waals surface area contributed by atoms with Crippen LogP contribution < -0.4 is 16.1 Å². The molecule has 0 bridgehead atoms. The molecule has 0 aromatic carbocycles. The zero-order chi connectivity index (χ0) is 13.1. The lowest BCUT2D eigenvalue weighted by molar-refractivity contribution is 0.122. The third-order valence-electron chi connectivity index (χ3n) is 2.60. The van der Waals surface area contributed by atoms with Crippen molar-refractivity contribution in [3.63, 3.8) is 0 Å². The van der Waals surface area contributed by atoms with Crippen molar-refractivity contribution in [3.8, 4) is 0 Å². The van der Waals surface area contributed by atoms with Gasteiger partial charge in [0.15, 0.2) is 0 Å². The van der Waals surface area contributed by atoms with Crippen molar-refractivity contribution >= 4 is 29.2 Å². The molecule has 0 atom stereocenters. The number of thiocarbonyl (C=S) groups is 1. The molecule has 1 aliphatic heterocycles. The molecular formula is C9H17N7OS. The van der Waals surface area contributed by atoms with Crippen LogP contribution in [-0.2, 0) is 4.74 Å². The lowest BCUT2D eigenvalue weighted by Crippen LogP contribution is -2.38. The van der Waals surface area contributed by atoms with E-state index in [4.69, 9.17) is 22.8 Å². The third-order valence-corrected chi connectivity index (χ3v) is 3.06. The Morgan fingerprint density at radius 3 is 2.72 bits per heavy atom. The number of hydrogen-bond donors (Lipinski definition) is 2. The van der Waals surface area contributed by atoms with E-state index < -0.39 is 0 Å².